The van der Waals surface area contributed by atoms with Crippen molar-refractivity contribution in [1.82, 2.24) is 4.90 Å². The Morgan fingerprint density at radius 3 is 2.70 bits per heavy atom. The van der Waals surface area contributed by atoms with Gasteiger partial charge in [0, 0.05) is 5.92 Å². The lowest BCUT2D eigenvalue weighted by atomic mass is 10.0. The predicted octanol–water partition coefficient (Wildman–Crippen LogP) is 3.31. The first-order valence-electron chi connectivity index (χ1n) is 6.75. The van der Waals surface area contributed by atoms with E-state index in [1.807, 2.05) is 37.3 Å². The molecule has 0 saturated carbocycles. The number of rotatable bonds is 4. The smallest absolute Gasteiger partial charge is 0.417 e. The minimum atomic E-state index is -0.563. The first kappa shape index (κ1) is 14.3. The lowest BCUT2D eigenvalue weighted by Gasteiger charge is -2.21. The molecule has 0 spiro atoms. The zero-order valence-corrected chi connectivity index (χ0v) is 11.8. The van der Waals surface area contributed by atoms with Gasteiger partial charge in [-0.25, -0.2) is 9.69 Å². The van der Waals surface area contributed by atoms with Crippen molar-refractivity contribution >= 4 is 12.0 Å². The highest BCUT2D eigenvalue weighted by Gasteiger charge is 2.44. The molecule has 1 heterocycles. The summed E-state index contributed by atoms with van der Waals surface area (Å²) in [5, 5.41) is 0. The van der Waals surface area contributed by atoms with E-state index in [0.717, 1.165) is 5.56 Å². The number of amides is 2. The fraction of sp³-hybridized carbons (Fsp3) is 0.375. The third kappa shape index (κ3) is 2.59. The van der Waals surface area contributed by atoms with E-state index in [1.165, 1.54) is 4.90 Å². The molecule has 1 aromatic carbocycles. The van der Waals surface area contributed by atoms with Crippen LogP contribution in [0.5, 0.6) is 0 Å². The molecule has 4 nitrogen and oxygen atoms in total. The number of ether oxygens (including phenoxy) is 1. The number of carbonyl (C=O) groups is 2. The molecule has 2 amide bonds. The summed E-state index contributed by atoms with van der Waals surface area (Å²) in [6, 6.07) is 9.18. The van der Waals surface area contributed by atoms with Crippen molar-refractivity contribution < 1.29 is 14.3 Å². The number of nitrogens with zero attached hydrogens (tertiary/aromatic N) is 1. The topological polar surface area (TPSA) is 46.6 Å². The molecular formula is C16H19NO3. The molecule has 0 N–H and O–H groups in total. The fourth-order valence-corrected chi connectivity index (χ4v) is 2.43. The van der Waals surface area contributed by atoms with E-state index < -0.39 is 12.2 Å². The summed E-state index contributed by atoms with van der Waals surface area (Å²) in [5.74, 6) is -0.474. The predicted molar refractivity (Wildman–Crippen MR) is 76.0 cm³/mol. The first-order chi connectivity index (χ1) is 9.56. The lowest BCUT2D eigenvalue weighted by molar-refractivity contribution is -0.132. The number of allylic oxidation sites excluding steroid dienone is 1. The standard InChI is InChI=1S/C16H19NO3/c1-4-8-11(2)15(18)17-12(3)14(20-16(17)19)13-9-6-5-7-10-13/h4-7,9-12,14H,1,8H2,2-3H3. The molecule has 0 bridgehead atoms. The summed E-state index contributed by atoms with van der Waals surface area (Å²) in [6.07, 6.45) is 1.27. The maximum atomic E-state index is 12.3. The molecule has 1 aromatic rings. The zero-order valence-electron chi connectivity index (χ0n) is 11.8. The maximum Gasteiger partial charge on any atom is 0.417 e. The summed E-state index contributed by atoms with van der Waals surface area (Å²) in [5.41, 5.74) is 0.903. The highest BCUT2D eigenvalue weighted by atomic mass is 16.6. The van der Waals surface area contributed by atoms with E-state index in [0.29, 0.717) is 6.42 Å². The Morgan fingerprint density at radius 2 is 2.10 bits per heavy atom. The number of cyclic esters (lactones) is 1. The van der Waals surface area contributed by atoms with E-state index in [4.69, 9.17) is 4.74 Å². The van der Waals surface area contributed by atoms with E-state index in [2.05, 4.69) is 6.58 Å². The van der Waals surface area contributed by atoms with Crippen LogP contribution in [0.3, 0.4) is 0 Å². The highest BCUT2D eigenvalue weighted by molar-refractivity contribution is 5.95. The molecule has 20 heavy (non-hydrogen) atoms. The Labute approximate surface area is 119 Å². The zero-order chi connectivity index (χ0) is 14.7. The Balaban J connectivity index is 2.19. The SMILES string of the molecule is C=CCC(C)C(=O)N1C(=O)OC(c2ccccc2)C1C. The van der Waals surface area contributed by atoms with Crippen molar-refractivity contribution in [1.29, 1.82) is 0 Å². The van der Waals surface area contributed by atoms with Crippen LogP contribution >= 0.6 is 0 Å². The normalized spacial score (nSPS) is 23.3. The molecule has 1 aliphatic heterocycles. The molecule has 106 valence electrons. The van der Waals surface area contributed by atoms with Gasteiger partial charge in [-0.1, -0.05) is 43.3 Å². The van der Waals surface area contributed by atoms with Gasteiger partial charge in [0.05, 0.1) is 6.04 Å². The Bertz CT molecular complexity index is 512. The Kier molecular flexibility index (Phi) is 4.23. The van der Waals surface area contributed by atoms with Crippen molar-refractivity contribution in [3.8, 4) is 0 Å². The average molecular weight is 273 g/mol. The van der Waals surface area contributed by atoms with Crippen molar-refractivity contribution in [3.63, 3.8) is 0 Å². The van der Waals surface area contributed by atoms with E-state index >= 15 is 0 Å². The summed E-state index contributed by atoms with van der Waals surface area (Å²) < 4.78 is 5.36. The van der Waals surface area contributed by atoms with Gasteiger partial charge in [-0.15, -0.1) is 6.58 Å². The van der Waals surface area contributed by atoms with Gasteiger partial charge in [0.2, 0.25) is 5.91 Å². The van der Waals surface area contributed by atoms with Crippen LogP contribution in [0.15, 0.2) is 43.0 Å². The molecule has 0 aliphatic carbocycles. The van der Waals surface area contributed by atoms with Crippen LogP contribution in [0.1, 0.15) is 31.9 Å². The summed E-state index contributed by atoms with van der Waals surface area (Å²) in [4.78, 5) is 25.5. The molecular weight excluding hydrogens is 254 g/mol. The number of hydrogen-bond acceptors (Lipinski definition) is 3. The molecule has 1 saturated heterocycles. The van der Waals surface area contributed by atoms with Crippen molar-refractivity contribution in [2.75, 3.05) is 0 Å². The molecule has 2 rings (SSSR count). The van der Waals surface area contributed by atoms with Gasteiger partial charge in [0.1, 0.15) is 6.10 Å². The molecule has 0 radical (unpaired) electrons. The van der Waals surface area contributed by atoms with E-state index in [1.54, 1.807) is 13.0 Å². The number of imide groups is 1. The van der Waals surface area contributed by atoms with Gasteiger partial charge >= 0.3 is 6.09 Å². The third-order valence-electron chi connectivity index (χ3n) is 3.58. The van der Waals surface area contributed by atoms with E-state index in [9.17, 15) is 9.59 Å². The van der Waals surface area contributed by atoms with Crippen LogP contribution in [0.4, 0.5) is 4.79 Å². The van der Waals surface area contributed by atoms with Gasteiger partial charge < -0.3 is 4.74 Å². The number of benzene rings is 1. The van der Waals surface area contributed by atoms with Gasteiger partial charge in [-0.3, -0.25) is 4.79 Å². The third-order valence-corrected chi connectivity index (χ3v) is 3.58. The second kappa shape index (κ2) is 5.90. The summed E-state index contributed by atoms with van der Waals surface area (Å²) in [6.45, 7) is 7.25. The van der Waals surface area contributed by atoms with Crippen LogP contribution in [0.25, 0.3) is 0 Å². The molecule has 3 atom stereocenters. The van der Waals surface area contributed by atoms with Crippen LogP contribution in [0, 0.1) is 5.92 Å². The van der Waals surface area contributed by atoms with Crippen molar-refractivity contribution in [2.45, 2.75) is 32.4 Å². The van der Waals surface area contributed by atoms with Gasteiger partial charge in [-0.2, -0.15) is 0 Å². The summed E-state index contributed by atoms with van der Waals surface area (Å²) in [7, 11) is 0. The maximum absolute atomic E-state index is 12.3. The Morgan fingerprint density at radius 1 is 1.45 bits per heavy atom. The second-order valence-corrected chi connectivity index (χ2v) is 5.09. The molecule has 0 aromatic heterocycles. The van der Waals surface area contributed by atoms with Crippen LogP contribution in [0.2, 0.25) is 0 Å². The van der Waals surface area contributed by atoms with Crippen LogP contribution < -0.4 is 0 Å². The van der Waals surface area contributed by atoms with Gasteiger partial charge in [-0.05, 0) is 18.9 Å². The first-order valence-corrected chi connectivity index (χ1v) is 6.75. The molecule has 1 fully saturated rings. The van der Waals surface area contributed by atoms with Gasteiger partial charge in [0.25, 0.3) is 0 Å². The lowest BCUT2D eigenvalue weighted by Crippen LogP contribution is -2.40. The van der Waals surface area contributed by atoms with Gasteiger partial charge in [0.15, 0.2) is 0 Å². The Hall–Kier alpha value is -2.10. The molecule has 3 unspecified atom stereocenters. The average Bonchev–Trinajstić information content (AvgIpc) is 2.74. The monoisotopic (exact) mass is 273 g/mol. The molecule has 4 heteroatoms. The fourth-order valence-electron chi connectivity index (χ4n) is 2.43. The summed E-state index contributed by atoms with van der Waals surface area (Å²) >= 11 is 0. The quantitative estimate of drug-likeness (QED) is 0.791. The minimum absolute atomic E-state index is 0.208. The highest BCUT2D eigenvalue weighted by Crippen LogP contribution is 2.33. The largest absolute Gasteiger partial charge is 0.439 e. The minimum Gasteiger partial charge on any atom is -0.439 e. The van der Waals surface area contributed by atoms with Crippen molar-refractivity contribution in [2.24, 2.45) is 5.92 Å². The number of hydrogen-bond donors (Lipinski definition) is 0. The van der Waals surface area contributed by atoms with E-state index in [-0.39, 0.29) is 17.9 Å². The molecule has 1 aliphatic rings. The number of carbonyl (C=O) groups excluding carboxylic acids is 2. The van der Waals surface area contributed by atoms with Crippen LogP contribution in [-0.4, -0.2) is 22.9 Å². The van der Waals surface area contributed by atoms with Crippen molar-refractivity contribution in [3.05, 3.63) is 48.6 Å². The van der Waals surface area contributed by atoms with Crippen LogP contribution in [-0.2, 0) is 9.53 Å². The second-order valence-electron chi connectivity index (χ2n) is 5.09.